The molecule has 3 nitrogen and oxygen atoms in total. The van der Waals surface area contributed by atoms with Crippen molar-refractivity contribution in [2.75, 3.05) is 7.05 Å². The van der Waals surface area contributed by atoms with Gasteiger partial charge in [-0.25, -0.2) is 0 Å². The fourth-order valence-electron chi connectivity index (χ4n) is 0.992. The minimum Gasteiger partial charge on any atom is -0.480 e. The van der Waals surface area contributed by atoms with E-state index in [1.165, 1.54) is 16.6 Å². The molecule has 0 amide bonds. The van der Waals surface area contributed by atoms with Crippen molar-refractivity contribution < 1.29 is 9.90 Å². The summed E-state index contributed by atoms with van der Waals surface area (Å²) in [5, 5.41) is 10.3. The summed E-state index contributed by atoms with van der Waals surface area (Å²) in [5.74, 6) is -0.836. The summed E-state index contributed by atoms with van der Waals surface area (Å²) < 4.78 is 0.614. The normalized spacial score (nSPS) is 12.1. The molecule has 6 heteroatoms. The second-order valence-corrected chi connectivity index (χ2v) is 6.31. The summed E-state index contributed by atoms with van der Waals surface area (Å²) in [6.07, 6.45) is 0. The molecule has 16 heavy (non-hydrogen) atoms. The molecule has 1 rings (SSSR count). The van der Waals surface area contributed by atoms with E-state index >= 15 is 0 Å². The number of nitrogens with zero attached hydrogens (tertiary/aromatic N) is 1. The molecule has 1 aromatic rings. The first-order valence-electron chi connectivity index (χ1n) is 4.67. The van der Waals surface area contributed by atoms with Gasteiger partial charge < -0.3 is 10.0 Å². The standard InChI is InChI=1S/C10H13NO2S3/c1-7(9(12)13)16-10(14)11(2)6-8-4-3-5-15-8/h3-5,7H,6H2,1-2H3,(H,12,13)/t7-/m0/s1. The van der Waals surface area contributed by atoms with Gasteiger partial charge in [-0.05, 0) is 18.4 Å². The number of carbonyl (C=O) groups is 1. The Kier molecular flexibility index (Phi) is 5.24. The van der Waals surface area contributed by atoms with E-state index in [0.717, 1.165) is 6.54 Å². The van der Waals surface area contributed by atoms with E-state index in [1.54, 1.807) is 18.3 Å². The summed E-state index contributed by atoms with van der Waals surface area (Å²) in [7, 11) is 1.88. The van der Waals surface area contributed by atoms with Crippen LogP contribution in [0.2, 0.25) is 0 Å². The first kappa shape index (κ1) is 13.5. The summed E-state index contributed by atoms with van der Waals surface area (Å²) in [6, 6.07) is 4.03. The van der Waals surface area contributed by atoms with E-state index in [9.17, 15) is 4.79 Å². The molecule has 0 spiro atoms. The maximum absolute atomic E-state index is 10.7. The van der Waals surface area contributed by atoms with Crippen LogP contribution >= 0.6 is 35.3 Å². The van der Waals surface area contributed by atoms with Crippen molar-refractivity contribution in [1.82, 2.24) is 4.90 Å². The predicted octanol–water partition coefficient (Wildman–Crippen LogP) is 2.67. The van der Waals surface area contributed by atoms with E-state index in [4.69, 9.17) is 17.3 Å². The highest BCUT2D eigenvalue weighted by molar-refractivity contribution is 8.23. The molecule has 0 bridgehead atoms. The summed E-state index contributed by atoms with van der Waals surface area (Å²) in [6.45, 7) is 2.37. The lowest BCUT2D eigenvalue weighted by atomic mass is 10.4. The lowest BCUT2D eigenvalue weighted by Crippen LogP contribution is -2.25. The van der Waals surface area contributed by atoms with Crippen molar-refractivity contribution in [2.45, 2.75) is 18.7 Å². The van der Waals surface area contributed by atoms with Crippen molar-refractivity contribution in [3.05, 3.63) is 22.4 Å². The number of hydrogen-bond donors (Lipinski definition) is 1. The van der Waals surface area contributed by atoms with Gasteiger partial charge in [0, 0.05) is 11.9 Å². The quantitative estimate of drug-likeness (QED) is 0.856. The van der Waals surface area contributed by atoms with Crippen LogP contribution in [-0.4, -0.2) is 32.6 Å². The van der Waals surface area contributed by atoms with Gasteiger partial charge in [-0.1, -0.05) is 30.0 Å². The van der Waals surface area contributed by atoms with Crippen LogP contribution < -0.4 is 0 Å². The van der Waals surface area contributed by atoms with E-state index in [1.807, 2.05) is 29.5 Å². The molecule has 0 aromatic carbocycles. The number of carboxylic acid groups (broad SMARTS) is 1. The average molecular weight is 275 g/mol. The molecule has 1 aromatic heterocycles. The van der Waals surface area contributed by atoms with Gasteiger partial charge in [-0.15, -0.1) is 11.3 Å². The Morgan fingerprint density at radius 2 is 2.44 bits per heavy atom. The zero-order chi connectivity index (χ0) is 12.1. The molecule has 88 valence electrons. The number of aliphatic carboxylic acids is 1. The zero-order valence-electron chi connectivity index (χ0n) is 9.04. The third kappa shape index (κ3) is 4.11. The molecule has 0 fully saturated rings. The van der Waals surface area contributed by atoms with E-state index in [2.05, 4.69) is 0 Å². The molecule has 1 N–H and O–H groups in total. The summed E-state index contributed by atoms with van der Waals surface area (Å²) >= 11 is 8.04. The molecule has 0 aliphatic rings. The molecule has 1 heterocycles. The van der Waals surface area contributed by atoms with Crippen LogP contribution in [0.25, 0.3) is 0 Å². The Hall–Kier alpha value is -0.590. The van der Waals surface area contributed by atoms with Gasteiger partial charge in [0.25, 0.3) is 0 Å². The maximum Gasteiger partial charge on any atom is 0.316 e. The van der Waals surface area contributed by atoms with Gasteiger partial charge in [0.15, 0.2) is 0 Å². The molecule has 0 saturated heterocycles. The smallest absolute Gasteiger partial charge is 0.316 e. The highest BCUT2D eigenvalue weighted by atomic mass is 32.2. The minimum atomic E-state index is -0.836. The van der Waals surface area contributed by atoms with Crippen LogP contribution in [0, 0.1) is 0 Å². The fourth-order valence-corrected chi connectivity index (χ4v) is 2.90. The van der Waals surface area contributed by atoms with E-state index < -0.39 is 11.2 Å². The molecular formula is C10H13NO2S3. The lowest BCUT2D eigenvalue weighted by molar-refractivity contribution is -0.136. The second-order valence-electron chi connectivity index (χ2n) is 3.30. The number of rotatable bonds is 4. The molecule has 0 aliphatic heterocycles. The highest BCUT2D eigenvalue weighted by Gasteiger charge is 2.16. The third-order valence-corrected chi connectivity index (χ3v) is 4.44. The number of thiocarbonyl (C=S) groups is 1. The zero-order valence-corrected chi connectivity index (χ0v) is 11.5. The minimum absolute atomic E-state index is 0.502. The Morgan fingerprint density at radius 3 is 2.94 bits per heavy atom. The van der Waals surface area contributed by atoms with Crippen LogP contribution in [0.4, 0.5) is 0 Å². The first-order chi connectivity index (χ1) is 7.50. The van der Waals surface area contributed by atoms with Crippen molar-refractivity contribution in [3.63, 3.8) is 0 Å². The predicted molar refractivity (Wildman–Crippen MR) is 73.1 cm³/mol. The number of thiophene rings is 1. The van der Waals surface area contributed by atoms with Crippen molar-refractivity contribution in [3.8, 4) is 0 Å². The van der Waals surface area contributed by atoms with Crippen molar-refractivity contribution in [2.24, 2.45) is 0 Å². The monoisotopic (exact) mass is 275 g/mol. The van der Waals surface area contributed by atoms with E-state index in [0.29, 0.717) is 4.32 Å². The Morgan fingerprint density at radius 1 is 1.75 bits per heavy atom. The van der Waals surface area contributed by atoms with Crippen molar-refractivity contribution in [1.29, 1.82) is 0 Å². The summed E-state index contributed by atoms with van der Waals surface area (Å²) in [5.41, 5.74) is 0. The van der Waals surface area contributed by atoms with Crippen LogP contribution in [0.1, 0.15) is 11.8 Å². The first-order valence-corrected chi connectivity index (χ1v) is 6.84. The van der Waals surface area contributed by atoms with E-state index in [-0.39, 0.29) is 0 Å². The van der Waals surface area contributed by atoms with Crippen LogP contribution in [0.15, 0.2) is 17.5 Å². The van der Waals surface area contributed by atoms with Gasteiger partial charge in [-0.3, -0.25) is 4.79 Å². The van der Waals surface area contributed by atoms with Crippen molar-refractivity contribution >= 4 is 45.6 Å². The molecule has 0 aliphatic carbocycles. The molecule has 0 unspecified atom stereocenters. The van der Waals surface area contributed by atoms with Gasteiger partial charge in [0.1, 0.15) is 9.57 Å². The van der Waals surface area contributed by atoms with Gasteiger partial charge >= 0.3 is 5.97 Å². The number of carboxylic acids is 1. The van der Waals surface area contributed by atoms with Crippen LogP contribution in [0.5, 0.6) is 0 Å². The van der Waals surface area contributed by atoms with Crippen LogP contribution in [0.3, 0.4) is 0 Å². The third-order valence-electron chi connectivity index (χ3n) is 1.91. The van der Waals surface area contributed by atoms with Gasteiger partial charge in [0.2, 0.25) is 0 Å². The maximum atomic E-state index is 10.7. The lowest BCUT2D eigenvalue weighted by Gasteiger charge is -2.19. The SMILES string of the molecule is C[C@H](SC(=S)N(C)Cc1cccs1)C(=O)O. The second kappa shape index (κ2) is 6.22. The van der Waals surface area contributed by atoms with Crippen LogP contribution in [-0.2, 0) is 11.3 Å². The summed E-state index contributed by atoms with van der Waals surface area (Å²) in [4.78, 5) is 13.8. The highest BCUT2D eigenvalue weighted by Crippen LogP contribution is 2.18. The Labute approximate surface area is 108 Å². The molecular weight excluding hydrogens is 262 g/mol. The fraction of sp³-hybridized carbons (Fsp3) is 0.400. The Balaban J connectivity index is 2.45. The van der Waals surface area contributed by atoms with Gasteiger partial charge in [-0.2, -0.15) is 0 Å². The topological polar surface area (TPSA) is 40.5 Å². The molecule has 0 saturated carbocycles. The largest absolute Gasteiger partial charge is 0.480 e. The molecule has 0 radical (unpaired) electrons. The average Bonchev–Trinajstić information content (AvgIpc) is 2.69. The Bertz CT molecular complexity index is 364. The van der Waals surface area contributed by atoms with Gasteiger partial charge in [0.05, 0.1) is 6.54 Å². The number of hydrogen-bond acceptors (Lipinski definition) is 4. The molecule has 1 atom stereocenters. The number of thioether (sulfide) groups is 1.